The third-order valence-corrected chi connectivity index (χ3v) is 8.50. The van der Waals surface area contributed by atoms with Gasteiger partial charge in [0.05, 0.1) is 7.11 Å². The second-order valence-electron chi connectivity index (χ2n) is 10.1. The molecule has 5 atom stereocenters. The molecule has 5 nitrogen and oxygen atoms in total. The summed E-state index contributed by atoms with van der Waals surface area (Å²) >= 11 is 0. The maximum Gasteiger partial charge on any atom is 0.305 e. The summed E-state index contributed by atoms with van der Waals surface area (Å²) in [6.07, 6.45) is 4.82. The SMILES string of the molecule is COC(=O)CC[C@@H]1C(=O)CC[C@H]2[C@@]1(C)CC[C@H](C)[C@]2(C)Cc1cc(O)cc(C)c1O. The molecule has 0 amide bonds. The van der Waals surface area contributed by atoms with Gasteiger partial charge in [0.25, 0.3) is 0 Å². The van der Waals surface area contributed by atoms with Crippen LogP contribution in [-0.2, 0) is 20.7 Å². The van der Waals surface area contributed by atoms with Gasteiger partial charge in [-0.15, -0.1) is 0 Å². The summed E-state index contributed by atoms with van der Waals surface area (Å²) in [4.78, 5) is 24.7. The van der Waals surface area contributed by atoms with Gasteiger partial charge < -0.3 is 14.9 Å². The van der Waals surface area contributed by atoms with Gasteiger partial charge in [-0.1, -0.05) is 20.8 Å². The van der Waals surface area contributed by atoms with E-state index in [1.165, 1.54) is 7.11 Å². The van der Waals surface area contributed by atoms with Crippen molar-refractivity contribution < 1.29 is 24.5 Å². The molecule has 0 spiro atoms. The van der Waals surface area contributed by atoms with Crippen LogP contribution >= 0.6 is 0 Å². The summed E-state index contributed by atoms with van der Waals surface area (Å²) in [5, 5.41) is 20.8. The highest BCUT2D eigenvalue weighted by atomic mass is 16.5. The molecule has 0 heterocycles. The van der Waals surface area contributed by atoms with Crippen molar-refractivity contribution in [2.45, 2.75) is 72.6 Å². The van der Waals surface area contributed by atoms with Crippen LogP contribution in [0.1, 0.15) is 70.4 Å². The summed E-state index contributed by atoms with van der Waals surface area (Å²) in [7, 11) is 1.39. The number of carbonyl (C=O) groups is 2. The molecule has 0 unspecified atom stereocenters. The number of rotatable bonds is 5. The Bertz CT molecular complexity index is 831. The van der Waals surface area contributed by atoms with E-state index >= 15 is 0 Å². The van der Waals surface area contributed by atoms with Gasteiger partial charge in [0.1, 0.15) is 17.3 Å². The monoisotopic (exact) mass is 416 g/mol. The van der Waals surface area contributed by atoms with E-state index in [4.69, 9.17) is 4.74 Å². The summed E-state index contributed by atoms with van der Waals surface area (Å²) < 4.78 is 4.82. The number of phenols is 2. The Morgan fingerprint density at radius 3 is 2.60 bits per heavy atom. The van der Waals surface area contributed by atoms with Gasteiger partial charge in [0.15, 0.2) is 0 Å². The summed E-state index contributed by atoms with van der Waals surface area (Å²) in [6, 6.07) is 3.26. The van der Waals surface area contributed by atoms with Crippen LogP contribution in [0.25, 0.3) is 0 Å². The molecule has 1 aromatic carbocycles. The van der Waals surface area contributed by atoms with Crippen molar-refractivity contribution in [3.8, 4) is 11.5 Å². The molecular weight excluding hydrogens is 380 g/mol. The minimum atomic E-state index is -0.263. The van der Waals surface area contributed by atoms with Crippen LogP contribution < -0.4 is 0 Å². The number of esters is 1. The highest BCUT2D eigenvalue weighted by molar-refractivity contribution is 5.83. The fourth-order valence-electron chi connectivity index (χ4n) is 6.56. The van der Waals surface area contributed by atoms with E-state index in [1.807, 2.05) is 0 Å². The molecule has 0 bridgehead atoms. The summed E-state index contributed by atoms with van der Waals surface area (Å²) in [5.41, 5.74) is 1.16. The molecule has 3 rings (SSSR count). The van der Waals surface area contributed by atoms with Crippen LogP contribution in [0.5, 0.6) is 11.5 Å². The minimum absolute atomic E-state index is 0.116. The molecule has 0 saturated heterocycles. The van der Waals surface area contributed by atoms with Crippen LogP contribution in [0.3, 0.4) is 0 Å². The molecule has 2 saturated carbocycles. The van der Waals surface area contributed by atoms with Crippen molar-refractivity contribution in [2.24, 2.45) is 28.6 Å². The van der Waals surface area contributed by atoms with Crippen molar-refractivity contribution in [3.63, 3.8) is 0 Å². The zero-order valence-corrected chi connectivity index (χ0v) is 19.0. The first-order valence-corrected chi connectivity index (χ1v) is 11.1. The van der Waals surface area contributed by atoms with E-state index in [-0.39, 0.29) is 46.4 Å². The number of ketones is 1. The van der Waals surface area contributed by atoms with E-state index in [1.54, 1.807) is 19.1 Å². The molecule has 2 aliphatic carbocycles. The third-order valence-electron chi connectivity index (χ3n) is 8.50. The smallest absolute Gasteiger partial charge is 0.305 e. The Labute approximate surface area is 179 Å². The van der Waals surface area contributed by atoms with E-state index < -0.39 is 0 Å². The number of aryl methyl sites for hydroxylation is 1. The van der Waals surface area contributed by atoms with Crippen molar-refractivity contribution in [1.82, 2.24) is 0 Å². The number of hydrogen-bond acceptors (Lipinski definition) is 5. The van der Waals surface area contributed by atoms with Crippen molar-refractivity contribution in [1.29, 1.82) is 0 Å². The third kappa shape index (κ3) is 3.83. The Morgan fingerprint density at radius 1 is 1.23 bits per heavy atom. The molecule has 0 radical (unpaired) electrons. The number of ether oxygens (including phenoxy) is 1. The molecule has 2 aliphatic rings. The minimum Gasteiger partial charge on any atom is -0.508 e. The Morgan fingerprint density at radius 2 is 1.93 bits per heavy atom. The van der Waals surface area contributed by atoms with E-state index in [0.29, 0.717) is 36.7 Å². The predicted molar refractivity (Wildman–Crippen MR) is 115 cm³/mol. The van der Waals surface area contributed by atoms with E-state index in [0.717, 1.165) is 24.8 Å². The van der Waals surface area contributed by atoms with Crippen LogP contribution in [-0.4, -0.2) is 29.1 Å². The van der Waals surface area contributed by atoms with Gasteiger partial charge in [0.2, 0.25) is 0 Å². The van der Waals surface area contributed by atoms with Gasteiger partial charge in [-0.3, -0.25) is 9.59 Å². The zero-order valence-electron chi connectivity index (χ0n) is 19.0. The Hall–Kier alpha value is -2.04. The highest BCUT2D eigenvalue weighted by Crippen LogP contribution is 2.63. The molecule has 0 aliphatic heterocycles. The van der Waals surface area contributed by atoms with Gasteiger partial charge >= 0.3 is 5.97 Å². The van der Waals surface area contributed by atoms with E-state index in [9.17, 15) is 19.8 Å². The lowest BCUT2D eigenvalue weighted by Crippen LogP contribution is -2.56. The lowest BCUT2D eigenvalue weighted by molar-refractivity contribution is -0.152. The lowest BCUT2D eigenvalue weighted by Gasteiger charge is -2.60. The van der Waals surface area contributed by atoms with Crippen LogP contribution in [0.4, 0.5) is 0 Å². The van der Waals surface area contributed by atoms with Crippen molar-refractivity contribution in [3.05, 3.63) is 23.3 Å². The van der Waals surface area contributed by atoms with Crippen LogP contribution in [0.15, 0.2) is 12.1 Å². The fraction of sp³-hybridized carbons (Fsp3) is 0.680. The number of benzene rings is 1. The van der Waals surface area contributed by atoms with E-state index in [2.05, 4.69) is 20.8 Å². The maximum absolute atomic E-state index is 12.9. The van der Waals surface area contributed by atoms with Gasteiger partial charge in [0, 0.05) is 18.8 Å². The summed E-state index contributed by atoms with van der Waals surface area (Å²) in [6.45, 7) is 8.59. The van der Waals surface area contributed by atoms with Gasteiger partial charge in [-0.2, -0.15) is 0 Å². The maximum atomic E-state index is 12.9. The van der Waals surface area contributed by atoms with Crippen LogP contribution in [0, 0.1) is 35.5 Å². The molecule has 5 heteroatoms. The molecule has 2 N–H and O–H groups in total. The molecular formula is C25H36O5. The largest absolute Gasteiger partial charge is 0.508 e. The van der Waals surface area contributed by atoms with Gasteiger partial charge in [-0.05, 0) is 85.0 Å². The zero-order chi connectivity index (χ0) is 22.3. The average molecular weight is 417 g/mol. The molecule has 30 heavy (non-hydrogen) atoms. The first kappa shape index (κ1) is 22.6. The average Bonchev–Trinajstić information content (AvgIpc) is 2.68. The number of methoxy groups -OCH3 is 1. The molecule has 1 aromatic rings. The molecule has 166 valence electrons. The topological polar surface area (TPSA) is 83.8 Å². The standard InChI is InChI=1S/C25H36O5/c1-15-12-18(26)13-17(23(15)29)14-25(4)16(2)10-11-24(3)19(6-9-22(28)30-5)20(27)7-8-21(24)25/h12-13,16,19,21,26,29H,6-11,14H2,1-5H3/t16-,19+,21-,24-,25-/m0/s1. The van der Waals surface area contributed by atoms with Crippen molar-refractivity contribution in [2.75, 3.05) is 7.11 Å². The first-order valence-electron chi connectivity index (χ1n) is 11.1. The van der Waals surface area contributed by atoms with Crippen LogP contribution in [0.2, 0.25) is 0 Å². The van der Waals surface area contributed by atoms with Gasteiger partial charge in [-0.25, -0.2) is 0 Å². The normalized spacial score (nSPS) is 33.8. The number of fused-ring (bicyclic) bond motifs is 1. The number of aromatic hydroxyl groups is 2. The quantitative estimate of drug-likeness (QED) is 0.525. The fourth-order valence-corrected chi connectivity index (χ4v) is 6.56. The second-order valence-corrected chi connectivity index (χ2v) is 10.1. The second kappa shape index (κ2) is 8.24. The number of Topliss-reactive ketones (excluding diaryl/α,β-unsaturated/α-hetero) is 1. The Kier molecular flexibility index (Phi) is 6.22. The number of hydrogen-bond donors (Lipinski definition) is 2. The number of phenolic OH excluding ortho intramolecular Hbond substituents is 2. The Balaban J connectivity index is 1.96. The predicted octanol–water partition coefficient (Wildman–Crippen LogP) is 4.94. The molecule has 2 fully saturated rings. The first-order chi connectivity index (χ1) is 14.0. The van der Waals surface area contributed by atoms with Crippen molar-refractivity contribution >= 4 is 11.8 Å². The number of carbonyl (C=O) groups excluding carboxylic acids is 2. The summed E-state index contributed by atoms with van der Waals surface area (Å²) in [5.74, 6) is 1.02. The highest BCUT2D eigenvalue weighted by Gasteiger charge is 2.58. The molecule has 0 aromatic heterocycles. The lowest BCUT2D eigenvalue weighted by atomic mass is 9.44.